The number of likely N-dealkylation sites (N-methyl/N-ethyl adjacent to an activating group) is 1. The third-order valence-electron chi connectivity index (χ3n) is 5.47. The van der Waals surface area contributed by atoms with Crippen LogP contribution in [0.4, 0.5) is 10.5 Å². The number of amides is 2. The van der Waals surface area contributed by atoms with Crippen LogP contribution >= 0.6 is 0 Å². The first-order chi connectivity index (χ1) is 16.0. The molecule has 0 fully saturated rings. The van der Waals surface area contributed by atoms with E-state index >= 15 is 0 Å². The molecule has 0 radical (unpaired) electrons. The molecule has 2 aromatic carbocycles. The number of hydrogen-bond donors (Lipinski definition) is 2. The molecule has 0 atom stereocenters. The zero-order valence-electron chi connectivity index (χ0n) is 19.9. The Morgan fingerprint density at radius 2 is 1.70 bits per heavy atom. The third kappa shape index (κ3) is 6.04. The van der Waals surface area contributed by atoms with Crippen molar-refractivity contribution in [2.75, 3.05) is 45.7 Å². The van der Waals surface area contributed by atoms with Gasteiger partial charge in [0.15, 0.2) is 11.5 Å². The van der Waals surface area contributed by atoms with Gasteiger partial charge < -0.3 is 29.7 Å². The zero-order valence-corrected chi connectivity index (χ0v) is 19.9. The van der Waals surface area contributed by atoms with Gasteiger partial charge in [0.25, 0.3) is 0 Å². The number of anilines is 1. The molecule has 33 heavy (non-hydrogen) atoms. The highest BCUT2D eigenvalue weighted by molar-refractivity contribution is 5.90. The number of urea groups is 1. The number of rotatable bonds is 10. The molecular formula is C25H32N4O4. The maximum Gasteiger partial charge on any atom is 0.319 e. The number of nitrogens with one attached hydrogen (secondary N) is 2. The van der Waals surface area contributed by atoms with Crippen LogP contribution in [-0.2, 0) is 0 Å². The van der Waals surface area contributed by atoms with Crippen LogP contribution in [0.1, 0.15) is 19.4 Å². The molecule has 0 spiro atoms. The predicted molar refractivity (Wildman–Crippen MR) is 131 cm³/mol. The molecule has 2 amide bonds. The number of aromatic nitrogens is 1. The van der Waals surface area contributed by atoms with Crippen molar-refractivity contribution >= 4 is 22.6 Å². The van der Waals surface area contributed by atoms with Crippen molar-refractivity contribution in [3.8, 4) is 23.0 Å². The van der Waals surface area contributed by atoms with E-state index in [0.717, 1.165) is 36.1 Å². The maximum absolute atomic E-state index is 12.2. The monoisotopic (exact) mass is 452 g/mol. The summed E-state index contributed by atoms with van der Waals surface area (Å²) in [6, 6.07) is 10.8. The molecule has 1 heterocycles. The van der Waals surface area contributed by atoms with Crippen molar-refractivity contribution in [1.29, 1.82) is 0 Å². The largest absolute Gasteiger partial charge is 0.493 e. The van der Waals surface area contributed by atoms with Gasteiger partial charge in [0.05, 0.1) is 19.7 Å². The number of methoxy groups -OCH3 is 2. The number of fused-ring (bicyclic) bond motifs is 1. The molecule has 0 unspecified atom stereocenters. The van der Waals surface area contributed by atoms with Gasteiger partial charge in [-0.1, -0.05) is 13.8 Å². The second-order valence-corrected chi connectivity index (χ2v) is 7.52. The smallest absolute Gasteiger partial charge is 0.319 e. The molecule has 2 N–H and O–H groups in total. The van der Waals surface area contributed by atoms with E-state index in [1.165, 1.54) is 0 Å². The van der Waals surface area contributed by atoms with Gasteiger partial charge >= 0.3 is 6.03 Å². The van der Waals surface area contributed by atoms with Crippen molar-refractivity contribution in [3.63, 3.8) is 0 Å². The lowest BCUT2D eigenvalue weighted by molar-refractivity contribution is 0.248. The van der Waals surface area contributed by atoms with Crippen LogP contribution in [0, 0.1) is 6.92 Å². The average Bonchev–Trinajstić information content (AvgIpc) is 2.82. The van der Waals surface area contributed by atoms with Crippen LogP contribution in [0.15, 0.2) is 42.6 Å². The minimum atomic E-state index is -0.226. The molecule has 0 aliphatic carbocycles. The van der Waals surface area contributed by atoms with E-state index < -0.39 is 0 Å². The number of carbonyl (C=O) groups is 1. The lowest BCUT2D eigenvalue weighted by Crippen LogP contribution is -2.36. The molecule has 8 heteroatoms. The third-order valence-corrected chi connectivity index (χ3v) is 5.47. The number of hydrogen-bond acceptors (Lipinski definition) is 6. The Morgan fingerprint density at radius 1 is 0.970 bits per heavy atom. The van der Waals surface area contributed by atoms with E-state index in [0.29, 0.717) is 35.2 Å². The van der Waals surface area contributed by atoms with Gasteiger partial charge in [-0.25, -0.2) is 4.79 Å². The van der Waals surface area contributed by atoms with E-state index in [1.807, 2.05) is 43.3 Å². The van der Waals surface area contributed by atoms with Crippen molar-refractivity contribution in [2.24, 2.45) is 0 Å². The van der Waals surface area contributed by atoms with Gasteiger partial charge in [-0.2, -0.15) is 0 Å². The fourth-order valence-corrected chi connectivity index (χ4v) is 3.54. The molecule has 3 rings (SSSR count). The number of nitrogens with zero attached hydrogens (tertiary/aromatic N) is 2. The van der Waals surface area contributed by atoms with Crippen LogP contribution in [-0.4, -0.2) is 56.3 Å². The second-order valence-electron chi connectivity index (χ2n) is 7.52. The first-order valence-electron chi connectivity index (χ1n) is 11.1. The summed E-state index contributed by atoms with van der Waals surface area (Å²) in [6.45, 7) is 9.50. The number of carbonyl (C=O) groups excluding carboxylic acids is 1. The molecule has 1 aromatic heterocycles. The molecule has 3 aromatic rings. The Balaban J connectivity index is 1.71. The maximum atomic E-state index is 12.2. The quantitative estimate of drug-likeness (QED) is 0.459. The van der Waals surface area contributed by atoms with E-state index in [-0.39, 0.29) is 6.03 Å². The molecule has 0 aliphatic heterocycles. The van der Waals surface area contributed by atoms with E-state index in [1.54, 1.807) is 20.4 Å². The van der Waals surface area contributed by atoms with Crippen LogP contribution < -0.4 is 24.8 Å². The summed E-state index contributed by atoms with van der Waals surface area (Å²) in [6.07, 6.45) is 1.69. The second kappa shape index (κ2) is 11.4. The van der Waals surface area contributed by atoms with Gasteiger partial charge in [-0.3, -0.25) is 4.98 Å². The molecule has 0 bridgehead atoms. The number of benzene rings is 2. The summed E-state index contributed by atoms with van der Waals surface area (Å²) >= 11 is 0. The number of aryl methyl sites for hydroxylation is 1. The van der Waals surface area contributed by atoms with Crippen molar-refractivity contribution in [2.45, 2.75) is 20.8 Å². The van der Waals surface area contributed by atoms with Crippen molar-refractivity contribution in [1.82, 2.24) is 15.2 Å². The summed E-state index contributed by atoms with van der Waals surface area (Å²) in [5, 5.41) is 6.58. The van der Waals surface area contributed by atoms with Crippen LogP contribution in [0.2, 0.25) is 0 Å². The molecular weight excluding hydrogens is 420 g/mol. The fraction of sp³-hybridized carbons (Fsp3) is 0.360. The first-order valence-corrected chi connectivity index (χ1v) is 11.1. The minimum absolute atomic E-state index is 0.226. The number of pyridine rings is 1. The summed E-state index contributed by atoms with van der Waals surface area (Å²) in [4.78, 5) is 18.9. The van der Waals surface area contributed by atoms with Gasteiger partial charge in [-0.05, 0) is 55.9 Å². The van der Waals surface area contributed by atoms with E-state index in [4.69, 9.17) is 14.2 Å². The zero-order chi connectivity index (χ0) is 23.8. The highest BCUT2D eigenvalue weighted by atomic mass is 16.5. The van der Waals surface area contributed by atoms with Gasteiger partial charge in [-0.15, -0.1) is 0 Å². The summed E-state index contributed by atoms with van der Waals surface area (Å²) in [5.74, 6) is 2.55. The SMILES string of the molecule is CCN(CC)CCNC(=O)Nc1ccc(Oc2ccnc3cc(OC)c(OC)cc23)c(C)c1. The Morgan fingerprint density at radius 3 is 2.36 bits per heavy atom. The lowest BCUT2D eigenvalue weighted by Gasteiger charge is -2.18. The predicted octanol–water partition coefficient (Wildman–Crippen LogP) is 4.82. The standard InChI is InChI=1S/C25H32N4O4/c1-6-29(7-2)13-12-27-25(30)28-18-8-9-21(17(3)14-18)33-22-10-11-26-20-16-24(32-5)23(31-4)15-19(20)22/h8-11,14-16H,6-7,12-13H2,1-5H3,(H2,27,28,30). The number of ether oxygens (including phenoxy) is 3. The summed E-state index contributed by atoms with van der Waals surface area (Å²) < 4.78 is 17.0. The molecule has 8 nitrogen and oxygen atoms in total. The molecule has 0 saturated carbocycles. The van der Waals surface area contributed by atoms with Crippen molar-refractivity contribution in [3.05, 3.63) is 48.2 Å². The van der Waals surface area contributed by atoms with Crippen LogP contribution in [0.5, 0.6) is 23.0 Å². The van der Waals surface area contributed by atoms with Crippen molar-refractivity contribution < 1.29 is 19.0 Å². The lowest BCUT2D eigenvalue weighted by atomic mass is 10.1. The van der Waals surface area contributed by atoms with E-state index in [2.05, 4.69) is 34.4 Å². The summed E-state index contributed by atoms with van der Waals surface area (Å²) in [7, 11) is 3.19. The first kappa shape index (κ1) is 24.1. The Kier molecular flexibility index (Phi) is 8.32. The highest BCUT2D eigenvalue weighted by Gasteiger charge is 2.13. The van der Waals surface area contributed by atoms with Gasteiger partial charge in [0.1, 0.15) is 11.5 Å². The highest BCUT2D eigenvalue weighted by Crippen LogP contribution is 2.37. The molecule has 176 valence electrons. The summed E-state index contributed by atoms with van der Waals surface area (Å²) in [5.41, 5.74) is 2.33. The van der Waals surface area contributed by atoms with Crippen LogP contribution in [0.3, 0.4) is 0 Å². The molecule has 0 aliphatic rings. The fourth-order valence-electron chi connectivity index (χ4n) is 3.54. The molecule has 0 saturated heterocycles. The topological polar surface area (TPSA) is 85.0 Å². The Hall–Kier alpha value is -3.52. The van der Waals surface area contributed by atoms with Gasteiger partial charge in [0.2, 0.25) is 0 Å². The normalized spacial score (nSPS) is 10.8. The van der Waals surface area contributed by atoms with Gasteiger partial charge in [0, 0.05) is 36.4 Å². The Labute approximate surface area is 194 Å². The average molecular weight is 453 g/mol. The Bertz CT molecular complexity index is 1100. The van der Waals surface area contributed by atoms with Crippen LogP contribution in [0.25, 0.3) is 10.9 Å². The minimum Gasteiger partial charge on any atom is -0.493 e. The van der Waals surface area contributed by atoms with E-state index in [9.17, 15) is 4.79 Å².